The molecule has 3 aromatic rings. The van der Waals surface area contributed by atoms with E-state index in [1.165, 1.54) is 0 Å². The monoisotopic (exact) mass is 450 g/mol. The van der Waals surface area contributed by atoms with Crippen LogP contribution in [0.5, 0.6) is 0 Å². The minimum absolute atomic E-state index is 0.211. The summed E-state index contributed by atoms with van der Waals surface area (Å²) in [5.74, 6) is -2.48. The first-order valence-electron chi connectivity index (χ1n) is 10.9. The zero-order valence-corrected chi connectivity index (χ0v) is 18.7. The summed E-state index contributed by atoms with van der Waals surface area (Å²) in [5.41, 5.74) is 8.88. The molecule has 0 bridgehead atoms. The topological polar surface area (TPSA) is 137 Å². The van der Waals surface area contributed by atoms with E-state index in [-0.39, 0.29) is 12.3 Å². The van der Waals surface area contributed by atoms with Crippen LogP contribution in [0.1, 0.15) is 25.0 Å². The summed E-state index contributed by atoms with van der Waals surface area (Å²) in [4.78, 5) is 40.6. The third-order valence-electron chi connectivity index (χ3n) is 5.60. The molecule has 1 heterocycles. The fraction of sp³-hybridized carbons (Fsp3) is 0.320. The number of carbonyl (C=O) groups is 3. The molecule has 174 valence electrons. The normalized spacial score (nSPS) is 13.9. The van der Waals surface area contributed by atoms with Gasteiger partial charge in [-0.3, -0.25) is 9.59 Å². The molecule has 33 heavy (non-hydrogen) atoms. The van der Waals surface area contributed by atoms with Crippen LogP contribution >= 0.6 is 0 Å². The van der Waals surface area contributed by atoms with Crippen molar-refractivity contribution < 1.29 is 19.5 Å². The molecular weight excluding hydrogens is 420 g/mol. The second-order valence-electron chi connectivity index (χ2n) is 8.49. The number of rotatable bonds is 10. The van der Waals surface area contributed by atoms with Crippen LogP contribution in [0.15, 0.2) is 60.8 Å². The number of amides is 2. The van der Waals surface area contributed by atoms with Crippen molar-refractivity contribution in [2.45, 2.75) is 44.8 Å². The Morgan fingerprint density at radius 3 is 2.27 bits per heavy atom. The first-order chi connectivity index (χ1) is 15.8. The Kier molecular flexibility index (Phi) is 7.84. The number of fused-ring (bicyclic) bond motifs is 1. The van der Waals surface area contributed by atoms with Crippen molar-refractivity contribution in [3.63, 3.8) is 0 Å². The average molecular weight is 451 g/mol. The molecule has 0 fully saturated rings. The molecule has 8 nitrogen and oxygen atoms in total. The number of aromatic nitrogens is 1. The van der Waals surface area contributed by atoms with Crippen LogP contribution in [0.2, 0.25) is 0 Å². The summed E-state index contributed by atoms with van der Waals surface area (Å²) in [6.07, 6.45) is 2.33. The highest BCUT2D eigenvalue weighted by Crippen LogP contribution is 2.19. The molecule has 6 N–H and O–H groups in total. The van der Waals surface area contributed by atoms with E-state index in [0.717, 1.165) is 22.0 Å². The van der Waals surface area contributed by atoms with Crippen molar-refractivity contribution in [1.29, 1.82) is 0 Å². The van der Waals surface area contributed by atoms with Crippen LogP contribution in [0.3, 0.4) is 0 Å². The molecule has 0 saturated heterocycles. The number of nitrogens with two attached hydrogens (primary N) is 1. The quantitative estimate of drug-likeness (QED) is 0.322. The van der Waals surface area contributed by atoms with Crippen LogP contribution in [0.25, 0.3) is 10.9 Å². The molecule has 1 aromatic heterocycles. The lowest BCUT2D eigenvalue weighted by atomic mass is 10.0. The van der Waals surface area contributed by atoms with Gasteiger partial charge in [0.2, 0.25) is 11.8 Å². The number of carboxylic acid groups (broad SMARTS) is 1. The van der Waals surface area contributed by atoms with E-state index < -0.39 is 35.9 Å². The molecular formula is C25H30N4O4. The maximum atomic E-state index is 13.0. The van der Waals surface area contributed by atoms with E-state index >= 15 is 0 Å². The number of hydrogen-bond acceptors (Lipinski definition) is 4. The van der Waals surface area contributed by atoms with Gasteiger partial charge in [0.05, 0.1) is 6.04 Å². The SMILES string of the molecule is CC(C)[C@H](NC(=O)[C@H](Cc1ccccc1)NC(=O)[C@@H](N)Cc1c[nH]c2ccccc12)C(=O)O. The third-order valence-corrected chi connectivity index (χ3v) is 5.60. The number of carboxylic acids is 1. The molecule has 3 atom stereocenters. The molecule has 2 amide bonds. The molecule has 0 aliphatic heterocycles. The van der Waals surface area contributed by atoms with Gasteiger partial charge < -0.3 is 26.5 Å². The number of benzene rings is 2. The molecule has 0 spiro atoms. The Hall–Kier alpha value is -3.65. The van der Waals surface area contributed by atoms with Gasteiger partial charge in [-0.2, -0.15) is 0 Å². The van der Waals surface area contributed by atoms with Gasteiger partial charge in [0, 0.05) is 23.5 Å². The van der Waals surface area contributed by atoms with Gasteiger partial charge >= 0.3 is 5.97 Å². The standard InChI is InChI=1S/C25H30N4O4/c1-15(2)22(25(32)33)29-24(31)21(12-16-8-4-3-5-9-16)28-23(30)19(26)13-17-14-27-20-11-7-6-10-18(17)20/h3-11,14-15,19,21-22,27H,12-13,26H2,1-2H3,(H,28,30)(H,29,31)(H,32,33)/t19-,21-,22-/m0/s1. The summed E-state index contributed by atoms with van der Waals surface area (Å²) >= 11 is 0. The second kappa shape index (κ2) is 10.8. The number of hydrogen-bond donors (Lipinski definition) is 5. The third kappa shape index (κ3) is 6.20. The molecule has 0 aliphatic rings. The van der Waals surface area contributed by atoms with Crippen molar-refractivity contribution >= 4 is 28.7 Å². The van der Waals surface area contributed by atoms with Gasteiger partial charge in [-0.25, -0.2) is 4.79 Å². The summed E-state index contributed by atoms with van der Waals surface area (Å²) in [6.45, 7) is 3.42. The number of para-hydroxylation sites is 1. The zero-order valence-electron chi connectivity index (χ0n) is 18.7. The van der Waals surface area contributed by atoms with Gasteiger partial charge in [0.25, 0.3) is 0 Å². The molecule has 3 rings (SSSR count). The van der Waals surface area contributed by atoms with Crippen LogP contribution in [0, 0.1) is 5.92 Å². The van der Waals surface area contributed by atoms with E-state index in [0.29, 0.717) is 6.42 Å². The van der Waals surface area contributed by atoms with Crippen LogP contribution < -0.4 is 16.4 Å². The van der Waals surface area contributed by atoms with Gasteiger partial charge in [0.1, 0.15) is 12.1 Å². The first kappa shape index (κ1) is 24.0. The molecule has 0 saturated carbocycles. The Bertz CT molecular complexity index is 1110. The molecule has 0 unspecified atom stereocenters. The van der Waals surface area contributed by atoms with Gasteiger partial charge in [0.15, 0.2) is 0 Å². The van der Waals surface area contributed by atoms with E-state index in [4.69, 9.17) is 5.73 Å². The fourth-order valence-electron chi connectivity index (χ4n) is 3.74. The zero-order chi connectivity index (χ0) is 24.0. The molecule has 0 aliphatic carbocycles. The minimum atomic E-state index is -1.13. The largest absolute Gasteiger partial charge is 0.480 e. The van der Waals surface area contributed by atoms with Crippen LogP contribution in [0.4, 0.5) is 0 Å². The van der Waals surface area contributed by atoms with E-state index in [1.807, 2.05) is 60.8 Å². The summed E-state index contributed by atoms with van der Waals surface area (Å²) in [6, 6.07) is 14.0. The van der Waals surface area contributed by atoms with Crippen LogP contribution in [-0.2, 0) is 27.2 Å². The lowest BCUT2D eigenvalue weighted by Crippen LogP contribution is -2.56. The van der Waals surface area contributed by atoms with Crippen molar-refractivity contribution in [2.75, 3.05) is 0 Å². The summed E-state index contributed by atoms with van der Waals surface area (Å²) in [5, 5.41) is 15.7. The maximum absolute atomic E-state index is 13.0. The highest BCUT2D eigenvalue weighted by molar-refractivity contribution is 5.92. The minimum Gasteiger partial charge on any atom is -0.480 e. The van der Waals surface area contributed by atoms with Gasteiger partial charge in [-0.1, -0.05) is 62.4 Å². The number of nitrogens with one attached hydrogen (secondary N) is 3. The Labute approximate surface area is 192 Å². The van der Waals surface area contributed by atoms with Crippen molar-refractivity contribution in [3.05, 3.63) is 71.9 Å². The number of carbonyl (C=O) groups excluding carboxylic acids is 2. The lowest BCUT2D eigenvalue weighted by Gasteiger charge is -2.24. The Morgan fingerprint density at radius 2 is 1.61 bits per heavy atom. The second-order valence-corrected chi connectivity index (χ2v) is 8.49. The van der Waals surface area contributed by atoms with Crippen molar-refractivity contribution in [2.24, 2.45) is 11.7 Å². The van der Waals surface area contributed by atoms with E-state index in [9.17, 15) is 19.5 Å². The first-order valence-corrected chi connectivity index (χ1v) is 10.9. The van der Waals surface area contributed by atoms with E-state index in [1.54, 1.807) is 13.8 Å². The summed E-state index contributed by atoms with van der Waals surface area (Å²) in [7, 11) is 0. The fourth-order valence-corrected chi connectivity index (χ4v) is 3.74. The highest BCUT2D eigenvalue weighted by atomic mass is 16.4. The number of aromatic amines is 1. The maximum Gasteiger partial charge on any atom is 0.326 e. The van der Waals surface area contributed by atoms with Crippen molar-refractivity contribution in [1.82, 2.24) is 15.6 Å². The molecule has 8 heteroatoms. The summed E-state index contributed by atoms with van der Waals surface area (Å²) < 4.78 is 0. The van der Waals surface area contributed by atoms with E-state index in [2.05, 4.69) is 15.6 Å². The molecule has 2 aromatic carbocycles. The molecule has 0 radical (unpaired) electrons. The van der Waals surface area contributed by atoms with Crippen molar-refractivity contribution in [3.8, 4) is 0 Å². The predicted molar refractivity (Wildman–Crippen MR) is 126 cm³/mol. The lowest BCUT2D eigenvalue weighted by molar-refractivity contribution is -0.143. The Balaban J connectivity index is 1.74. The number of aliphatic carboxylic acids is 1. The predicted octanol–water partition coefficient (Wildman–Crippen LogP) is 1.99. The average Bonchev–Trinajstić information content (AvgIpc) is 3.19. The smallest absolute Gasteiger partial charge is 0.326 e. The van der Waals surface area contributed by atoms with Gasteiger partial charge in [-0.15, -0.1) is 0 Å². The highest BCUT2D eigenvalue weighted by Gasteiger charge is 2.30. The number of H-pyrrole nitrogens is 1. The van der Waals surface area contributed by atoms with Crippen LogP contribution in [-0.4, -0.2) is 46.0 Å². The van der Waals surface area contributed by atoms with Gasteiger partial charge in [-0.05, 0) is 29.5 Å². The Morgan fingerprint density at radius 1 is 0.939 bits per heavy atom.